The van der Waals surface area contributed by atoms with Gasteiger partial charge in [-0.25, -0.2) is 4.98 Å². The van der Waals surface area contributed by atoms with E-state index in [1.807, 2.05) is 14.1 Å². The van der Waals surface area contributed by atoms with Crippen molar-refractivity contribution in [3.63, 3.8) is 0 Å². The van der Waals surface area contributed by atoms with Gasteiger partial charge in [0.05, 0.1) is 6.61 Å². The summed E-state index contributed by atoms with van der Waals surface area (Å²) in [5.41, 5.74) is 6.53. The van der Waals surface area contributed by atoms with Crippen molar-refractivity contribution < 1.29 is 9.47 Å². The van der Waals surface area contributed by atoms with E-state index < -0.39 is 0 Å². The van der Waals surface area contributed by atoms with Crippen molar-refractivity contribution in [2.24, 2.45) is 0 Å². The Morgan fingerprint density at radius 3 is 2.67 bits per heavy atom. The van der Waals surface area contributed by atoms with Gasteiger partial charge < -0.3 is 25.4 Å². The zero-order chi connectivity index (χ0) is 15.7. The van der Waals surface area contributed by atoms with E-state index in [0.29, 0.717) is 36.4 Å². The molecule has 7 heteroatoms. The van der Waals surface area contributed by atoms with Crippen LogP contribution in [0.1, 0.15) is 25.6 Å². The molecule has 1 aromatic heterocycles. The van der Waals surface area contributed by atoms with Gasteiger partial charge in [-0.05, 0) is 20.5 Å². The summed E-state index contributed by atoms with van der Waals surface area (Å²) in [5.74, 6) is 1.59. The fraction of sp³-hybridized carbons (Fsp3) is 0.714. The Bertz CT molecular complexity index is 426. The third-order valence-corrected chi connectivity index (χ3v) is 2.82. The number of aromatic nitrogens is 2. The van der Waals surface area contributed by atoms with E-state index >= 15 is 0 Å². The molecule has 0 aliphatic heterocycles. The molecule has 1 rings (SSSR count). The molecule has 120 valence electrons. The van der Waals surface area contributed by atoms with Crippen molar-refractivity contribution in [3.05, 3.63) is 5.82 Å². The number of methoxy groups -OCH3 is 1. The highest BCUT2D eigenvalue weighted by Crippen LogP contribution is 2.26. The Kier molecular flexibility index (Phi) is 7.78. The van der Waals surface area contributed by atoms with Crippen LogP contribution < -0.4 is 15.8 Å². The molecule has 0 saturated carbocycles. The second-order valence-electron chi connectivity index (χ2n) is 5.07. The highest BCUT2D eigenvalue weighted by molar-refractivity contribution is 5.66. The smallest absolute Gasteiger partial charge is 0.242 e. The lowest BCUT2D eigenvalue weighted by Gasteiger charge is -2.15. The van der Waals surface area contributed by atoms with Crippen LogP contribution in [0.2, 0.25) is 0 Å². The first-order chi connectivity index (χ1) is 10.1. The van der Waals surface area contributed by atoms with Crippen LogP contribution in [0.3, 0.4) is 0 Å². The number of likely N-dealkylation sites (N-methyl/N-ethyl adjacent to an activating group) is 1. The fourth-order valence-corrected chi connectivity index (χ4v) is 1.64. The van der Waals surface area contributed by atoms with E-state index in [-0.39, 0.29) is 0 Å². The summed E-state index contributed by atoms with van der Waals surface area (Å²) in [5, 5.41) is 3.22. The number of nitrogen functional groups attached to an aromatic ring is 1. The number of unbranched alkanes of at least 4 members (excludes halogenated alkanes) is 1. The van der Waals surface area contributed by atoms with Gasteiger partial charge in [0.25, 0.3) is 0 Å². The highest BCUT2D eigenvalue weighted by Gasteiger charge is 2.13. The maximum atomic E-state index is 6.08. The van der Waals surface area contributed by atoms with Crippen LogP contribution in [-0.2, 0) is 11.3 Å². The number of anilines is 2. The van der Waals surface area contributed by atoms with Crippen LogP contribution in [0.15, 0.2) is 0 Å². The van der Waals surface area contributed by atoms with Crippen LogP contribution >= 0.6 is 0 Å². The van der Waals surface area contributed by atoms with Crippen LogP contribution in [0.4, 0.5) is 11.5 Å². The average molecular weight is 297 g/mol. The first kappa shape index (κ1) is 17.5. The maximum absolute atomic E-state index is 6.08. The van der Waals surface area contributed by atoms with Crippen LogP contribution in [0.5, 0.6) is 5.88 Å². The first-order valence-electron chi connectivity index (χ1n) is 7.25. The van der Waals surface area contributed by atoms with Gasteiger partial charge in [-0.15, -0.1) is 0 Å². The molecule has 1 aromatic rings. The Morgan fingerprint density at radius 1 is 1.29 bits per heavy atom. The first-order valence-corrected chi connectivity index (χ1v) is 7.25. The zero-order valence-corrected chi connectivity index (χ0v) is 13.5. The fourth-order valence-electron chi connectivity index (χ4n) is 1.64. The molecule has 0 saturated heterocycles. The van der Waals surface area contributed by atoms with E-state index in [4.69, 9.17) is 15.2 Å². The molecule has 0 unspecified atom stereocenters. The Balaban J connectivity index is 2.82. The molecular weight excluding hydrogens is 270 g/mol. The summed E-state index contributed by atoms with van der Waals surface area (Å²) >= 11 is 0. The number of nitrogens with zero attached hydrogens (tertiary/aromatic N) is 3. The lowest BCUT2D eigenvalue weighted by Crippen LogP contribution is -2.22. The van der Waals surface area contributed by atoms with E-state index in [1.165, 1.54) is 0 Å². The van der Waals surface area contributed by atoms with Crippen molar-refractivity contribution >= 4 is 11.5 Å². The maximum Gasteiger partial charge on any atom is 0.242 e. The summed E-state index contributed by atoms with van der Waals surface area (Å²) in [6, 6.07) is 0. The molecule has 7 nitrogen and oxygen atoms in total. The molecule has 21 heavy (non-hydrogen) atoms. The summed E-state index contributed by atoms with van der Waals surface area (Å²) in [7, 11) is 5.64. The van der Waals surface area contributed by atoms with Gasteiger partial charge >= 0.3 is 0 Å². The van der Waals surface area contributed by atoms with Gasteiger partial charge in [0.1, 0.15) is 12.3 Å². The molecule has 0 aliphatic rings. The molecule has 0 spiro atoms. The molecule has 0 bridgehead atoms. The number of hydrogen-bond donors (Lipinski definition) is 2. The van der Waals surface area contributed by atoms with Gasteiger partial charge in [-0.1, -0.05) is 13.3 Å². The van der Waals surface area contributed by atoms with Crippen molar-refractivity contribution in [2.45, 2.75) is 26.4 Å². The molecule has 0 atom stereocenters. The number of rotatable bonds is 10. The van der Waals surface area contributed by atoms with Crippen molar-refractivity contribution in [1.82, 2.24) is 14.9 Å². The predicted molar refractivity (Wildman–Crippen MR) is 84.6 cm³/mol. The van der Waals surface area contributed by atoms with Gasteiger partial charge in [-0.3, -0.25) is 0 Å². The van der Waals surface area contributed by atoms with E-state index in [1.54, 1.807) is 7.11 Å². The molecular formula is C14H27N5O2. The molecule has 0 radical (unpaired) electrons. The Morgan fingerprint density at radius 2 is 2.05 bits per heavy atom. The van der Waals surface area contributed by atoms with E-state index in [9.17, 15) is 0 Å². The second kappa shape index (κ2) is 9.36. The van der Waals surface area contributed by atoms with Gasteiger partial charge in [-0.2, -0.15) is 4.98 Å². The molecule has 0 fully saturated rings. The summed E-state index contributed by atoms with van der Waals surface area (Å²) in [6.45, 7) is 4.66. The summed E-state index contributed by atoms with van der Waals surface area (Å²) in [6.07, 6.45) is 2.02. The predicted octanol–water partition coefficient (Wildman–Crippen LogP) is 1.36. The van der Waals surface area contributed by atoms with Crippen LogP contribution in [0.25, 0.3) is 0 Å². The molecule has 0 aliphatic carbocycles. The van der Waals surface area contributed by atoms with E-state index in [0.717, 1.165) is 25.9 Å². The lowest BCUT2D eigenvalue weighted by molar-refractivity contribution is 0.176. The quantitative estimate of drug-likeness (QED) is 0.631. The number of hydrogen-bond acceptors (Lipinski definition) is 7. The second-order valence-corrected chi connectivity index (χ2v) is 5.07. The van der Waals surface area contributed by atoms with E-state index in [2.05, 4.69) is 27.1 Å². The topological polar surface area (TPSA) is 85.5 Å². The lowest BCUT2D eigenvalue weighted by atomic mass is 10.3. The largest absolute Gasteiger partial charge is 0.476 e. The minimum atomic E-state index is 0.326. The third kappa shape index (κ3) is 6.14. The number of nitrogens with two attached hydrogens (primary N) is 1. The summed E-state index contributed by atoms with van der Waals surface area (Å²) < 4.78 is 10.7. The standard InChI is InChI=1S/C14H27N5O2/c1-5-6-9-21-14-12(15)13(16-7-8-19(2)3)17-11(18-14)10-20-4/h5-10,15H2,1-4H3,(H,16,17,18). The highest BCUT2D eigenvalue weighted by atomic mass is 16.5. The van der Waals surface area contributed by atoms with Crippen molar-refractivity contribution in [3.8, 4) is 5.88 Å². The SMILES string of the molecule is CCCCOc1nc(COC)nc(NCCN(C)C)c1N. The van der Waals surface area contributed by atoms with Crippen LogP contribution in [0, 0.1) is 0 Å². The minimum Gasteiger partial charge on any atom is -0.476 e. The Labute approximate surface area is 126 Å². The summed E-state index contributed by atoms with van der Waals surface area (Å²) in [4.78, 5) is 10.8. The van der Waals surface area contributed by atoms with Crippen molar-refractivity contribution in [1.29, 1.82) is 0 Å². The van der Waals surface area contributed by atoms with Gasteiger partial charge in [0, 0.05) is 20.2 Å². The van der Waals surface area contributed by atoms with Gasteiger partial charge in [0.15, 0.2) is 11.6 Å². The molecule has 0 amide bonds. The van der Waals surface area contributed by atoms with Crippen LogP contribution in [-0.4, -0.2) is 55.8 Å². The zero-order valence-electron chi connectivity index (χ0n) is 13.5. The van der Waals surface area contributed by atoms with Gasteiger partial charge in [0.2, 0.25) is 5.88 Å². The third-order valence-electron chi connectivity index (χ3n) is 2.82. The molecule has 1 heterocycles. The Hall–Kier alpha value is -1.60. The monoisotopic (exact) mass is 297 g/mol. The molecule has 3 N–H and O–H groups in total. The normalized spacial score (nSPS) is 10.9. The minimum absolute atomic E-state index is 0.326. The van der Waals surface area contributed by atoms with Crippen molar-refractivity contribution in [2.75, 3.05) is 52.0 Å². The number of ether oxygens (including phenoxy) is 2. The molecule has 0 aromatic carbocycles. The number of nitrogens with one attached hydrogen (secondary N) is 1. The average Bonchev–Trinajstić information content (AvgIpc) is 2.43.